The summed E-state index contributed by atoms with van der Waals surface area (Å²) in [5, 5.41) is 10.4. The molecule has 1 aliphatic rings. The molecule has 2 heterocycles. The Labute approximate surface area is 135 Å². The molecule has 23 heavy (non-hydrogen) atoms. The van der Waals surface area contributed by atoms with Crippen LogP contribution in [-0.4, -0.2) is 33.6 Å². The van der Waals surface area contributed by atoms with E-state index in [1.165, 1.54) is 0 Å². The molecule has 5 nitrogen and oxygen atoms in total. The first-order valence-electron chi connectivity index (χ1n) is 7.57. The van der Waals surface area contributed by atoms with E-state index in [2.05, 4.69) is 4.98 Å². The van der Waals surface area contributed by atoms with Crippen LogP contribution < -0.4 is 4.74 Å². The van der Waals surface area contributed by atoms with E-state index < -0.39 is 5.60 Å². The summed E-state index contributed by atoms with van der Waals surface area (Å²) in [5.41, 5.74) is 0.588. The Morgan fingerprint density at radius 1 is 1.35 bits per heavy atom. The topological polar surface area (TPSA) is 62.7 Å². The molecule has 5 heteroatoms. The number of amides is 1. The van der Waals surface area contributed by atoms with E-state index in [1.807, 2.05) is 36.4 Å². The van der Waals surface area contributed by atoms with Crippen LogP contribution in [0.4, 0.5) is 0 Å². The van der Waals surface area contributed by atoms with Gasteiger partial charge in [0.25, 0.3) is 5.91 Å². The predicted octanol–water partition coefficient (Wildman–Crippen LogP) is 2.31. The van der Waals surface area contributed by atoms with Crippen LogP contribution in [0.1, 0.15) is 30.5 Å². The maximum atomic E-state index is 12.6. The molecule has 1 amide bonds. The smallest absolute Gasteiger partial charge is 0.255 e. The average molecular weight is 312 g/mol. The van der Waals surface area contributed by atoms with Gasteiger partial charge in [-0.15, -0.1) is 0 Å². The lowest BCUT2D eigenvalue weighted by Crippen LogP contribution is -2.37. The molecular weight excluding hydrogens is 292 g/mol. The molecule has 0 spiro atoms. The van der Waals surface area contributed by atoms with Gasteiger partial charge in [-0.2, -0.15) is 0 Å². The first-order chi connectivity index (χ1) is 11.0. The van der Waals surface area contributed by atoms with Gasteiger partial charge in [-0.05, 0) is 36.2 Å². The third-order valence-corrected chi connectivity index (χ3v) is 4.27. The summed E-state index contributed by atoms with van der Waals surface area (Å²) in [7, 11) is 1.62. The largest absolute Gasteiger partial charge is 0.497 e. The van der Waals surface area contributed by atoms with Crippen molar-refractivity contribution in [1.82, 2.24) is 9.88 Å². The number of ether oxygens (including phenoxy) is 1. The Bertz CT molecular complexity index is 683. The third-order valence-electron chi connectivity index (χ3n) is 4.27. The minimum absolute atomic E-state index is 0.173. The van der Waals surface area contributed by atoms with Gasteiger partial charge in [-0.3, -0.25) is 9.78 Å². The van der Waals surface area contributed by atoms with E-state index in [1.54, 1.807) is 31.3 Å². The summed E-state index contributed by atoms with van der Waals surface area (Å²) in [6, 6.07) is 11.2. The van der Waals surface area contributed by atoms with Gasteiger partial charge >= 0.3 is 0 Å². The minimum Gasteiger partial charge on any atom is -0.497 e. The normalized spacial score (nSPS) is 24.0. The van der Waals surface area contributed by atoms with Gasteiger partial charge in [-0.25, -0.2) is 0 Å². The van der Waals surface area contributed by atoms with E-state index in [0.717, 1.165) is 16.9 Å². The summed E-state index contributed by atoms with van der Waals surface area (Å²) >= 11 is 0. The molecule has 0 aliphatic carbocycles. The van der Waals surface area contributed by atoms with Crippen LogP contribution in [-0.2, 0) is 11.3 Å². The number of hydrogen-bond acceptors (Lipinski definition) is 4. The number of carbonyl (C=O) groups is 1. The van der Waals surface area contributed by atoms with Crippen molar-refractivity contribution in [3.8, 4) is 5.75 Å². The average Bonchev–Trinajstić information content (AvgIpc) is 2.80. The van der Waals surface area contributed by atoms with Crippen LogP contribution in [0, 0.1) is 0 Å². The van der Waals surface area contributed by atoms with E-state index >= 15 is 0 Å². The lowest BCUT2D eigenvalue weighted by molar-refractivity contribution is -0.142. The molecule has 2 aromatic rings. The lowest BCUT2D eigenvalue weighted by atomic mass is 9.99. The molecule has 0 bridgehead atoms. The van der Waals surface area contributed by atoms with Gasteiger partial charge in [0.15, 0.2) is 0 Å². The number of carbonyl (C=O) groups excluding carboxylic acids is 1. The van der Waals surface area contributed by atoms with Gasteiger partial charge in [0, 0.05) is 25.4 Å². The van der Waals surface area contributed by atoms with E-state index in [4.69, 9.17) is 4.74 Å². The highest BCUT2D eigenvalue weighted by Crippen LogP contribution is 2.39. The second kappa shape index (κ2) is 6.01. The number of nitrogens with zero attached hydrogens (tertiary/aromatic N) is 2. The number of benzene rings is 1. The Kier molecular flexibility index (Phi) is 4.05. The number of methoxy groups -OCH3 is 1. The zero-order valence-corrected chi connectivity index (χ0v) is 13.3. The van der Waals surface area contributed by atoms with Gasteiger partial charge in [-0.1, -0.05) is 18.2 Å². The third kappa shape index (κ3) is 3.05. The van der Waals surface area contributed by atoms with E-state index in [-0.39, 0.29) is 11.9 Å². The number of hydrogen-bond donors (Lipinski definition) is 1. The standard InChI is InChI=1S/C18H20N2O3/c1-18(22)10-16(14-4-3-9-19-11-14)20(17(18)21)12-13-5-7-15(23-2)8-6-13/h3-9,11,16,22H,10,12H2,1-2H3/t16-,18+/m0/s1. The van der Waals surface area contributed by atoms with Crippen LogP contribution in [0.25, 0.3) is 0 Å². The SMILES string of the molecule is COc1ccc(CN2C(=O)[C@](C)(O)C[C@H]2c2cccnc2)cc1. The molecule has 2 atom stereocenters. The summed E-state index contributed by atoms with van der Waals surface area (Å²) in [5.74, 6) is 0.527. The van der Waals surface area contributed by atoms with Crippen molar-refractivity contribution in [3.05, 3.63) is 59.9 Å². The second-order valence-corrected chi connectivity index (χ2v) is 6.06. The molecule has 0 saturated carbocycles. The van der Waals surface area contributed by atoms with Gasteiger partial charge in [0.05, 0.1) is 13.2 Å². The molecule has 1 aromatic carbocycles. The van der Waals surface area contributed by atoms with Crippen molar-refractivity contribution < 1.29 is 14.6 Å². The summed E-state index contributed by atoms with van der Waals surface area (Å²) in [6.45, 7) is 2.02. The molecule has 3 rings (SSSR count). The molecule has 1 aliphatic heterocycles. The number of aromatic nitrogens is 1. The molecular formula is C18H20N2O3. The van der Waals surface area contributed by atoms with Crippen LogP contribution >= 0.6 is 0 Å². The molecule has 0 unspecified atom stereocenters. The summed E-state index contributed by atoms with van der Waals surface area (Å²) in [6.07, 6.45) is 3.82. The van der Waals surface area contributed by atoms with Crippen LogP contribution in [0.3, 0.4) is 0 Å². The highest BCUT2D eigenvalue weighted by Gasteiger charge is 2.47. The van der Waals surface area contributed by atoms with E-state index in [0.29, 0.717) is 13.0 Å². The zero-order chi connectivity index (χ0) is 16.4. The van der Waals surface area contributed by atoms with Crippen molar-refractivity contribution in [2.24, 2.45) is 0 Å². The van der Waals surface area contributed by atoms with E-state index in [9.17, 15) is 9.90 Å². The predicted molar refractivity (Wildman–Crippen MR) is 85.8 cm³/mol. The molecule has 1 saturated heterocycles. The lowest BCUT2D eigenvalue weighted by Gasteiger charge is -2.25. The minimum atomic E-state index is -1.34. The number of likely N-dealkylation sites (tertiary alicyclic amines) is 1. The maximum Gasteiger partial charge on any atom is 0.255 e. The molecule has 120 valence electrons. The highest BCUT2D eigenvalue weighted by molar-refractivity contribution is 5.87. The summed E-state index contributed by atoms with van der Waals surface area (Å²) in [4.78, 5) is 18.4. The van der Waals surface area contributed by atoms with Gasteiger partial charge in [0.2, 0.25) is 0 Å². The number of aliphatic hydroxyl groups is 1. The van der Waals surface area contributed by atoms with Crippen LogP contribution in [0.5, 0.6) is 5.75 Å². The highest BCUT2D eigenvalue weighted by atomic mass is 16.5. The Balaban J connectivity index is 1.88. The Hall–Kier alpha value is -2.40. The second-order valence-electron chi connectivity index (χ2n) is 6.06. The van der Waals surface area contributed by atoms with Crippen molar-refractivity contribution >= 4 is 5.91 Å². The van der Waals surface area contributed by atoms with Crippen molar-refractivity contribution in [2.75, 3.05) is 7.11 Å². The monoisotopic (exact) mass is 312 g/mol. The van der Waals surface area contributed by atoms with Crippen LogP contribution in [0.2, 0.25) is 0 Å². The zero-order valence-electron chi connectivity index (χ0n) is 13.3. The maximum absolute atomic E-state index is 12.6. The molecule has 1 fully saturated rings. The number of rotatable bonds is 4. The Morgan fingerprint density at radius 3 is 2.70 bits per heavy atom. The summed E-state index contributed by atoms with van der Waals surface area (Å²) < 4.78 is 5.16. The first-order valence-corrected chi connectivity index (χ1v) is 7.57. The van der Waals surface area contributed by atoms with Crippen molar-refractivity contribution in [2.45, 2.75) is 31.5 Å². The van der Waals surface area contributed by atoms with Gasteiger partial charge < -0.3 is 14.7 Å². The fraction of sp³-hybridized carbons (Fsp3) is 0.333. The fourth-order valence-corrected chi connectivity index (χ4v) is 3.01. The first kappa shape index (κ1) is 15.5. The van der Waals surface area contributed by atoms with Crippen molar-refractivity contribution in [1.29, 1.82) is 0 Å². The Morgan fingerprint density at radius 2 is 2.09 bits per heavy atom. The molecule has 1 aromatic heterocycles. The quantitative estimate of drug-likeness (QED) is 0.941. The van der Waals surface area contributed by atoms with Gasteiger partial charge in [0.1, 0.15) is 11.4 Å². The van der Waals surface area contributed by atoms with Crippen LogP contribution in [0.15, 0.2) is 48.8 Å². The van der Waals surface area contributed by atoms with Crippen molar-refractivity contribution in [3.63, 3.8) is 0 Å². The fourth-order valence-electron chi connectivity index (χ4n) is 3.01. The molecule has 1 N–H and O–H groups in total. The number of pyridine rings is 1. The molecule has 0 radical (unpaired) electrons.